The molecule has 2 nitrogen and oxygen atoms in total. The van der Waals surface area contributed by atoms with Crippen LogP contribution >= 0.6 is 0 Å². The molecule has 1 aliphatic carbocycles. The van der Waals surface area contributed by atoms with Gasteiger partial charge in [-0.3, -0.25) is 0 Å². The normalized spacial score (nSPS) is 12.1. The third-order valence-corrected chi connectivity index (χ3v) is 8.13. The Labute approximate surface area is 215 Å². The van der Waals surface area contributed by atoms with Crippen LogP contribution in [0, 0.1) is 6.92 Å². The molecule has 174 valence electrons. The van der Waals surface area contributed by atoms with E-state index in [-0.39, 0.29) is 0 Å². The van der Waals surface area contributed by atoms with Crippen LogP contribution in [-0.4, -0.2) is 4.40 Å². The van der Waals surface area contributed by atoms with Crippen LogP contribution in [0.2, 0.25) is 0 Å². The van der Waals surface area contributed by atoms with Crippen LogP contribution < -0.4 is 4.57 Å². The molecule has 0 atom stereocenters. The van der Waals surface area contributed by atoms with Gasteiger partial charge in [-0.05, 0) is 69.1 Å². The Morgan fingerprint density at radius 3 is 1.62 bits per heavy atom. The fraction of sp³-hybridized carbons (Fsp3) is 0.0571. The van der Waals surface area contributed by atoms with E-state index in [4.69, 9.17) is 0 Å². The van der Waals surface area contributed by atoms with Crippen molar-refractivity contribution in [3.8, 4) is 44.5 Å². The quantitative estimate of drug-likeness (QED) is 0.154. The number of rotatable bonds is 0. The molecule has 7 aromatic rings. The molecule has 37 heavy (non-hydrogen) atoms. The highest BCUT2D eigenvalue weighted by Gasteiger charge is 2.25. The molecule has 5 aromatic carbocycles. The van der Waals surface area contributed by atoms with Crippen LogP contribution in [0.4, 0.5) is 0 Å². The van der Waals surface area contributed by atoms with Gasteiger partial charge in [-0.1, -0.05) is 91.0 Å². The molecule has 0 saturated carbocycles. The Bertz CT molecular complexity index is 2060. The lowest BCUT2D eigenvalue weighted by Crippen LogP contribution is -2.26. The third kappa shape index (κ3) is 2.73. The monoisotopic (exact) mass is 473 g/mol. The predicted molar refractivity (Wildman–Crippen MR) is 154 cm³/mol. The molecule has 2 heterocycles. The highest BCUT2D eigenvalue weighted by Crippen LogP contribution is 2.49. The van der Waals surface area contributed by atoms with Crippen LogP contribution in [0.15, 0.2) is 116 Å². The van der Waals surface area contributed by atoms with Gasteiger partial charge in [0, 0.05) is 10.8 Å². The minimum Gasteiger partial charge on any atom is -0.232 e. The molecule has 0 N–H and O–H groups in total. The third-order valence-electron chi connectivity index (χ3n) is 8.13. The summed E-state index contributed by atoms with van der Waals surface area (Å²) in [4.78, 5) is 0. The summed E-state index contributed by atoms with van der Waals surface area (Å²) < 4.78 is 4.61. The van der Waals surface area contributed by atoms with E-state index in [2.05, 4.69) is 138 Å². The van der Waals surface area contributed by atoms with Crippen LogP contribution in [0.1, 0.15) is 5.56 Å². The minimum atomic E-state index is 1.23. The van der Waals surface area contributed by atoms with Crippen molar-refractivity contribution in [2.24, 2.45) is 7.05 Å². The first-order valence-electron chi connectivity index (χ1n) is 12.8. The minimum absolute atomic E-state index is 1.23. The van der Waals surface area contributed by atoms with Crippen molar-refractivity contribution in [3.05, 3.63) is 121 Å². The maximum Gasteiger partial charge on any atom is 0.294 e. The first kappa shape index (κ1) is 20.5. The van der Waals surface area contributed by atoms with Gasteiger partial charge >= 0.3 is 0 Å². The van der Waals surface area contributed by atoms with Crippen LogP contribution in [-0.2, 0) is 7.05 Å². The molecule has 0 unspecified atom stereocenters. The lowest BCUT2D eigenvalue weighted by molar-refractivity contribution is -0.643. The van der Waals surface area contributed by atoms with E-state index >= 15 is 0 Å². The average Bonchev–Trinajstić information content (AvgIpc) is 3.33. The predicted octanol–water partition coefficient (Wildman–Crippen LogP) is 8.36. The molecular weight excluding hydrogens is 448 g/mol. The van der Waals surface area contributed by atoms with Gasteiger partial charge in [0.1, 0.15) is 17.9 Å². The molecule has 0 spiro atoms. The highest BCUT2D eigenvalue weighted by molar-refractivity contribution is 6.16. The maximum atomic E-state index is 2.44. The molecule has 0 bridgehead atoms. The lowest BCUT2D eigenvalue weighted by Gasteiger charge is -2.23. The Balaban J connectivity index is 1.63. The van der Waals surface area contributed by atoms with Gasteiger partial charge in [0.2, 0.25) is 0 Å². The molecule has 0 saturated heterocycles. The summed E-state index contributed by atoms with van der Waals surface area (Å²) in [5.74, 6) is 0. The number of hydrogen-bond acceptors (Lipinski definition) is 0. The van der Waals surface area contributed by atoms with E-state index in [1.54, 1.807) is 0 Å². The molecule has 8 rings (SSSR count). The SMILES string of the molecule is Cc1cccc2c3cc4c(cc3n3cc[n+](C)c3c12)-c1ccccc1-c1ccccc1-c1ccccc1-4. The smallest absolute Gasteiger partial charge is 0.232 e. The van der Waals surface area contributed by atoms with Crippen molar-refractivity contribution in [3.63, 3.8) is 0 Å². The van der Waals surface area contributed by atoms with Crippen molar-refractivity contribution >= 4 is 27.3 Å². The Morgan fingerprint density at radius 2 is 1.05 bits per heavy atom. The fourth-order valence-electron chi connectivity index (χ4n) is 6.47. The second kappa shape index (κ2) is 7.41. The van der Waals surface area contributed by atoms with E-state index < -0.39 is 0 Å². The zero-order chi connectivity index (χ0) is 24.7. The maximum absolute atomic E-state index is 2.44. The number of aryl methyl sites for hydroxylation is 2. The van der Waals surface area contributed by atoms with Crippen molar-refractivity contribution in [2.75, 3.05) is 0 Å². The summed E-state index contributed by atoms with van der Waals surface area (Å²) in [6.45, 7) is 2.22. The molecule has 0 aliphatic heterocycles. The molecule has 2 heteroatoms. The summed E-state index contributed by atoms with van der Waals surface area (Å²) >= 11 is 0. The van der Waals surface area contributed by atoms with Crippen LogP contribution in [0.25, 0.3) is 71.8 Å². The number of imidazole rings is 1. The Kier molecular flexibility index (Phi) is 4.10. The summed E-state index contributed by atoms with van der Waals surface area (Å²) in [6.07, 6.45) is 4.37. The zero-order valence-electron chi connectivity index (χ0n) is 20.9. The summed E-state index contributed by atoms with van der Waals surface area (Å²) in [5.41, 5.74) is 14.0. The highest BCUT2D eigenvalue weighted by atomic mass is 15.1. The number of benzene rings is 5. The summed E-state index contributed by atoms with van der Waals surface area (Å²) in [5, 5.41) is 3.89. The van der Waals surface area contributed by atoms with Crippen molar-refractivity contribution in [1.29, 1.82) is 0 Å². The van der Waals surface area contributed by atoms with Crippen molar-refractivity contribution in [1.82, 2.24) is 4.40 Å². The van der Waals surface area contributed by atoms with E-state index in [0.717, 1.165) is 0 Å². The van der Waals surface area contributed by atoms with Crippen molar-refractivity contribution < 1.29 is 4.57 Å². The number of aromatic nitrogens is 2. The van der Waals surface area contributed by atoms with Gasteiger partial charge in [0.05, 0.1) is 12.4 Å². The Hall–Kier alpha value is -4.69. The summed E-state index contributed by atoms with van der Waals surface area (Å²) in [6, 6.07) is 38.1. The Morgan fingerprint density at radius 1 is 0.541 bits per heavy atom. The van der Waals surface area contributed by atoms with Gasteiger partial charge in [-0.15, -0.1) is 0 Å². The zero-order valence-corrected chi connectivity index (χ0v) is 20.9. The van der Waals surface area contributed by atoms with E-state index in [1.807, 2.05) is 0 Å². The first-order valence-corrected chi connectivity index (χ1v) is 12.8. The van der Waals surface area contributed by atoms with E-state index in [0.29, 0.717) is 0 Å². The number of pyridine rings is 1. The second-order valence-corrected chi connectivity index (χ2v) is 10.2. The van der Waals surface area contributed by atoms with Crippen molar-refractivity contribution in [2.45, 2.75) is 6.92 Å². The van der Waals surface area contributed by atoms with Gasteiger partial charge in [0.15, 0.2) is 0 Å². The van der Waals surface area contributed by atoms with Gasteiger partial charge < -0.3 is 0 Å². The molecule has 0 fully saturated rings. The van der Waals surface area contributed by atoms with Gasteiger partial charge in [0.25, 0.3) is 5.65 Å². The summed E-state index contributed by atoms with van der Waals surface area (Å²) in [7, 11) is 2.14. The molecule has 2 aromatic heterocycles. The first-order chi connectivity index (χ1) is 18.2. The largest absolute Gasteiger partial charge is 0.294 e. The van der Waals surface area contributed by atoms with E-state index in [1.165, 1.54) is 77.4 Å². The van der Waals surface area contributed by atoms with Gasteiger partial charge in [-0.2, -0.15) is 4.40 Å². The average molecular weight is 474 g/mol. The molecule has 0 amide bonds. The lowest BCUT2D eigenvalue weighted by atomic mass is 9.80. The number of hydrogen-bond donors (Lipinski definition) is 0. The molecule has 0 radical (unpaired) electrons. The fourth-order valence-corrected chi connectivity index (χ4v) is 6.47. The molecule has 1 aliphatic rings. The topological polar surface area (TPSA) is 8.29 Å². The molecular formula is C35H25N2+. The second-order valence-electron chi connectivity index (χ2n) is 10.2. The standard InChI is InChI=1S/C35H25N2/c1-22-10-9-17-29-32-20-30-27-15-7-5-13-25(27)23-11-3-4-12-24(23)26-14-6-8-16-28(26)31(30)21-33(32)37-19-18-36(2)35(37)34(22)29/h3-21H,1-2H3/q+1. The number of fused-ring (bicyclic) bond motifs is 14. The van der Waals surface area contributed by atoms with Crippen LogP contribution in [0.3, 0.4) is 0 Å². The van der Waals surface area contributed by atoms with E-state index in [9.17, 15) is 0 Å². The van der Waals surface area contributed by atoms with Gasteiger partial charge in [-0.25, -0.2) is 4.57 Å². The number of nitrogens with zero attached hydrogens (tertiary/aromatic N) is 2. The van der Waals surface area contributed by atoms with Crippen LogP contribution in [0.5, 0.6) is 0 Å².